The van der Waals surface area contributed by atoms with E-state index < -0.39 is 17.8 Å². The van der Waals surface area contributed by atoms with Gasteiger partial charge in [0, 0.05) is 25.1 Å². The molecule has 3 heterocycles. The number of amides is 2. The number of thioether (sulfide) groups is 1. The Balaban J connectivity index is 1.17. The van der Waals surface area contributed by atoms with Crippen LogP contribution in [0.25, 0.3) is 0 Å². The molecule has 37 heavy (non-hydrogen) atoms. The summed E-state index contributed by atoms with van der Waals surface area (Å²) in [4.78, 5) is 53.8. The number of rotatable bonds is 6. The van der Waals surface area contributed by atoms with Crippen molar-refractivity contribution in [2.75, 3.05) is 31.4 Å². The lowest BCUT2D eigenvalue weighted by Gasteiger charge is -2.29. The molecule has 3 aliphatic rings. The van der Waals surface area contributed by atoms with Gasteiger partial charge in [-0.25, -0.2) is 9.69 Å². The number of carbonyl (C=O) groups is 4. The predicted octanol–water partition coefficient (Wildman–Crippen LogP) is 3.59. The summed E-state index contributed by atoms with van der Waals surface area (Å²) >= 11 is 6.79. The quantitative estimate of drug-likeness (QED) is 0.234. The highest BCUT2D eigenvalue weighted by Gasteiger charge is 2.41. The van der Waals surface area contributed by atoms with Crippen LogP contribution < -0.4 is 14.4 Å². The molecule has 0 radical (unpaired) electrons. The van der Waals surface area contributed by atoms with Gasteiger partial charge in [-0.2, -0.15) is 0 Å². The summed E-state index contributed by atoms with van der Waals surface area (Å²) in [5.74, 6) is -0.693. The molecule has 2 aromatic carbocycles. The molecule has 0 aromatic heterocycles. The fraction of sp³-hybridized carbons (Fsp3) is 0.346. The lowest BCUT2D eigenvalue weighted by atomic mass is 10.1. The normalized spacial score (nSPS) is 18.8. The van der Waals surface area contributed by atoms with Crippen molar-refractivity contribution in [1.29, 1.82) is 0 Å². The number of fused-ring (bicyclic) bond motifs is 1. The van der Waals surface area contributed by atoms with Gasteiger partial charge in [-0.3, -0.25) is 14.4 Å². The number of anilines is 1. The van der Waals surface area contributed by atoms with E-state index in [1.807, 2.05) is 0 Å². The third kappa shape index (κ3) is 5.47. The number of thiocarbonyl (C=S) groups is 1. The molecule has 9 nitrogen and oxygen atoms in total. The van der Waals surface area contributed by atoms with Gasteiger partial charge >= 0.3 is 5.97 Å². The van der Waals surface area contributed by atoms with Gasteiger partial charge in [0.2, 0.25) is 18.6 Å². The highest BCUT2D eigenvalue weighted by molar-refractivity contribution is 8.23. The summed E-state index contributed by atoms with van der Waals surface area (Å²) in [7, 11) is 0. The number of esters is 1. The topological polar surface area (TPSA) is 102 Å². The Hall–Kier alpha value is -3.44. The average molecular weight is 541 g/mol. The number of carbonyl (C=O) groups excluding carboxylic acids is 4. The molecular formula is C26H24N2O7S2. The molecule has 2 amide bonds. The van der Waals surface area contributed by atoms with Crippen molar-refractivity contribution in [3.05, 3.63) is 53.6 Å². The van der Waals surface area contributed by atoms with Crippen LogP contribution in [0.3, 0.4) is 0 Å². The number of hydrogen-bond donors (Lipinski definition) is 0. The van der Waals surface area contributed by atoms with E-state index >= 15 is 0 Å². The zero-order chi connectivity index (χ0) is 25.9. The second-order valence-electron chi connectivity index (χ2n) is 8.81. The predicted molar refractivity (Wildman–Crippen MR) is 140 cm³/mol. The van der Waals surface area contributed by atoms with E-state index in [-0.39, 0.29) is 36.4 Å². The second kappa shape index (κ2) is 10.9. The molecule has 0 aliphatic carbocycles. The molecule has 0 saturated carbocycles. The minimum Gasteiger partial charge on any atom is -0.454 e. The Morgan fingerprint density at radius 2 is 1.68 bits per heavy atom. The number of piperidine rings is 1. The maximum atomic E-state index is 13.0. The molecular weight excluding hydrogens is 516 g/mol. The first-order chi connectivity index (χ1) is 17.9. The van der Waals surface area contributed by atoms with Gasteiger partial charge in [-0.1, -0.05) is 24.0 Å². The maximum Gasteiger partial charge on any atom is 0.338 e. The lowest BCUT2D eigenvalue weighted by molar-refractivity contribution is -0.121. The molecule has 1 atom stereocenters. The van der Waals surface area contributed by atoms with Crippen LogP contribution in [-0.2, 0) is 14.3 Å². The molecule has 0 bridgehead atoms. The molecule has 192 valence electrons. The van der Waals surface area contributed by atoms with Gasteiger partial charge in [0.15, 0.2) is 23.9 Å². The Morgan fingerprint density at radius 3 is 2.43 bits per heavy atom. The first-order valence-corrected chi connectivity index (χ1v) is 13.2. The van der Waals surface area contributed by atoms with Crippen molar-refractivity contribution in [2.45, 2.75) is 30.9 Å². The average Bonchev–Trinajstić information content (AvgIpc) is 3.50. The molecule has 2 fully saturated rings. The van der Waals surface area contributed by atoms with Crippen LogP contribution in [0.5, 0.6) is 11.5 Å². The Labute approximate surface area is 223 Å². The van der Waals surface area contributed by atoms with E-state index in [9.17, 15) is 19.2 Å². The molecule has 2 aromatic rings. The summed E-state index contributed by atoms with van der Waals surface area (Å²) in [5.41, 5.74) is 0.902. The number of benzene rings is 2. The highest BCUT2D eigenvalue weighted by atomic mass is 32.2. The number of ketones is 1. The monoisotopic (exact) mass is 540 g/mol. The summed E-state index contributed by atoms with van der Waals surface area (Å²) in [5, 5.41) is -0.561. The zero-order valence-electron chi connectivity index (χ0n) is 19.8. The van der Waals surface area contributed by atoms with Crippen molar-refractivity contribution in [3.63, 3.8) is 0 Å². The van der Waals surface area contributed by atoms with Crippen LogP contribution in [0.1, 0.15) is 46.4 Å². The van der Waals surface area contributed by atoms with Gasteiger partial charge in [0.1, 0.15) is 9.57 Å². The third-order valence-electron chi connectivity index (χ3n) is 6.35. The molecule has 3 aliphatic heterocycles. The van der Waals surface area contributed by atoms with E-state index in [1.54, 1.807) is 18.2 Å². The van der Waals surface area contributed by atoms with E-state index in [0.717, 1.165) is 30.8 Å². The van der Waals surface area contributed by atoms with Gasteiger partial charge in [0.05, 0.1) is 11.3 Å². The Bertz CT molecular complexity index is 1260. The highest BCUT2D eigenvalue weighted by Crippen LogP contribution is 2.33. The number of Topliss-reactive ketones (excluding diaryl/α,β-unsaturated/α-hetero) is 1. The second-order valence-corrected chi connectivity index (χ2v) is 10.6. The summed E-state index contributed by atoms with van der Waals surface area (Å²) in [6, 6.07) is 10.7. The van der Waals surface area contributed by atoms with Gasteiger partial charge in [-0.05, 0) is 61.7 Å². The first kappa shape index (κ1) is 25.2. The fourth-order valence-electron chi connectivity index (χ4n) is 4.35. The standard InChI is InChI=1S/C26H24N2O7S2/c29-19(17-6-9-20-21(12-17)35-15-34-20)14-33-25(32)16-4-7-18(8-5-16)28-23(30)13-22(24(28)31)37-26(36)27-10-2-1-3-11-27/h4-9,12,22H,1-3,10-11,13-15H2. The SMILES string of the molecule is O=C(COC(=O)c1ccc(N2C(=O)CC(SC(=S)N3CCCCC3)C2=O)cc1)c1ccc2c(c1)OCO2. The largest absolute Gasteiger partial charge is 0.454 e. The molecule has 0 spiro atoms. The molecule has 2 saturated heterocycles. The van der Waals surface area contributed by atoms with Crippen LogP contribution in [0.15, 0.2) is 42.5 Å². The Morgan fingerprint density at radius 1 is 0.973 bits per heavy atom. The van der Waals surface area contributed by atoms with E-state index in [1.165, 1.54) is 42.4 Å². The van der Waals surface area contributed by atoms with Crippen LogP contribution in [0.4, 0.5) is 5.69 Å². The maximum absolute atomic E-state index is 13.0. The van der Waals surface area contributed by atoms with Gasteiger partial charge in [-0.15, -0.1) is 0 Å². The van der Waals surface area contributed by atoms with Gasteiger partial charge < -0.3 is 19.1 Å². The van der Waals surface area contributed by atoms with Crippen LogP contribution in [0.2, 0.25) is 0 Å². The number of likely N-dealkylation sites (tertiary alicyclic amines) is 1. The van der Waals surface area contributed by atoms with Crippen molar-refractivity contribution in [1.82, 2.24) is 4.90 Å². The molecule has 5 rings (SSSR count). The number of hydrogen-bond acceptors (Lipinski definition) is 9. The van der Waals surface area contributed by atoms with Crippen molar-refractivity contribution in [3.8, 4) is 11.5 Å². The summed E-state index contributed by atoms with van der Waals surface area (Å²) in [6.45, 7) is 1.41. The van der Waals surface area contributed by atoms with E-state index in [4.69, 9.17) is 26.4 Å². The van der Waals surface area contributed by atoms with Crippen molar-refractivity contribution in [2.24, 2.45) is 0 Å². The molecule has 11 heteroatoms. The smallest absolute Gasteiger partial charge is 0.338 e. The third-order valence-corrected chi connectivity index (χ3v) is 8.01. The van der Waals surface area contributed by atoms with Crippen molar-refractivity contribution < 1.29 is 33.4 Å². The van der Waals surface area contributed by atoms with Crippen LogP contribution in [0, 0.1) is 0 Å². The van der Waals surface area contributed by atoms with E-state index in [0.29, 0.717) is 27.1 Å². The van der Waals surface area contributed by atoms with E-state index in [2.05, 4.69) is 4.90 Å². The lowest BCUT2D eigenvalue weighted by Crippen LogP contribution is -2.35. The fourth-order valence-corrected chi connectivity index (χ4v) is 5.89. The summed E-state index contributed by atoms with van der Waals surface area (Å²) in [6.07, 6.45) is 3.40. The minimum absolute atomic E-state index is 0.0727. The zero-order valence-corrected chi connectivity index (χ0v) is 21.5. The molecule has 0 N–H and O–H groups in total. The van der Waals surface area contributed by atoms with Crippen LogP contribution in [-0.4, -0.2) is 64.5 Å². The minimum atomic E-state index is -0.694. The van der Waals surface area contributed by atoms with Crippen LogP contribution >= 0.6 is 24.0 Å². The number of nitrogens with zero attached hydrogens (tertiary/aromatic N) is 2. The molecule has 1 unspecified atom stereocenters. The summed E-state index contributed by atoms with van der Waals surface area (Å²) < 4.78 is 16.3. The Kier molecular flexibility index (Phi) is 7.43. The van der Waals surface area contributed by atoms with Gasteiger partial charge in [0.25, 0.3) is 0 Å². The number of imide groups is 1. The number of ether oxygens (including phenoxy) is 3. The van der Waals surface area contributed by atoms with Crippen molar-refractivity contribution >= 4 is 57.6 Å². The first-order valence-electron chi connectivity index (χ1n) is 11.9.